The predicted octanol–water partition coefficient (Wildman–Crippen LogP) is 10.9. The van der Waals surface area contributed by atoms with Crippen LogP contribution in [0.5, 0.6) is 0 Å². The molecular weight excluding hydrogens is 410 g/mol. The lowest BCUT2D eigenvalue weighted by atomic mass is 10.0. The summed E-state index contributed by atoms with van der Waals surface area (Å²) in [5.41, 5.74) is 1.54. The molecule has 1 aromatic rings. The van der Waals surface area contributed by atoms with E-state index in [1.165, 1.54) is 173 Å². The Morgan fingerprint density at radius 3 is 1.29 bits per heavy atom. The van der Waals surface area contributed by atoms with Crippen LogP contribution in [-0.2, 0) is 13.0 Å². The molecule has 1 heterocycles. The Balaban J connectivity index is 1.91. The zero-order valence-corrected chi connectivity index (χ0v) is 23.6. The molecule has 0 aliphatic carbocycles. The molecule has 0 aromatic carbocycles. The Kier molecular flexibility index (Phi) is 23.2. The molecule has 0 aliphatic heterocycles. The number of rotatable bonds is 26. The monoisotopic (exact) mass is 472 g/mol. The molecule has 0 amide bonds. The SMILES string of the molecule is CCCCCCCCCCCCCCCCc1ccc[n+](CCCCCCCCCCCC)c1. The van der Waals surface area contributed by atoms with Gasteiger partial charge < -0.3 is 0 Å². The first-order valence-electron chi connectivity index (χ1n) is 15.8. The van der Waals surface area contributed by atoms with Crippen LogP contribution >= 0.6 is 0 Å². The van der Waals surface area contributed by atoms with Crippen molar-refractivity contribution in [3.63, 3.8) is 0 Å². The van der Waals surface area contributed by atoms with Gasteiger partial charge in [-0.05, 0) is 25.3 Å². The van der Waals surface area contributed by atoms with Gasteiger partial charge in [-0.1, -0.05) is 149 Å². The number of hydrogen-bond donors (Lipinski definition) is 0. The molecule has 0 unspecified atom stereocenters. The highest BCUT2D eigenvalue weighted by molar-refractivity contribution is 5.05. The maximum Gasteiger partial charge on any atom is 0.171 e. The number of aromatic nitrogens is 1. The number of nitrogens with zero attached hydrogens (tertiary/aromatic N) is 1. The molecule has 1 aromatic heterocycles. The van der Waals surface area contributed by atoms with Gasteiger partial charge in [0, 0.05) is 18.1 Å². The van der Waals surface area contributed by atoms with Gasteiger partial charge in [0.2, 0.25) is 0 Å². The van der Waals surface area contributed by atoms with Crippen LogP contribution in [-0.4, -0.2) is 0 Å². The lowest BCUT2D eigenvalue weighted by Gasteiger charge is -2.04. The Labute approximate surface area is 215 Å². The van der Waals surface area contributed by atoms with E-state index in [9.17, 15) is 0 Å². The maximum absolute atomic E-state index is 2.43. The van der Waals surface area contributed by atoms with E-state index in [-0.39, 0.29) is 0 Å². The van der Waals surface area contributed by atoms with Gasteiger partial charge >= 0.3 is 0 Å². The van der Waals surface area contributed by atoms with Gasteiger partial charge in [-0.3, -0.25) is 0 Å². The van der Waals surface area contributed by atoms with Crippen molar-refractivity contribution >= 4 is 0 Å². The highest BCUT2D eigenvalue weighted by Gasteiger charge is 2.03. The highest BCUT2D eigenvalue weighted by Crippen LogP contribution is 2.14. The lowest BCUT2D eigenvalue weighted by Crippen LogP contribution is -2.33. The molecule has 0 bridgehead atoms. The van der Waals surface area contributed by atoms with Crippen molar-refractivity contribution in [2.45, 2.75) is 181 Å². The third-order valence-electron chi connectivity index (χ3n) is 7.51. The van der Waals surface area contributed by atoms with Gasteiger partial charge in [0.25, 0.3) is 0 Å². The molecule has 0 atom stereocenters. The van der Waals surface area contributed by atoms with Crippen LogP contribution in [0.25, 0.3) is 0 Å². The van der Waals surface area contributed by atoms with Crippen molar-refractivity contribution in [1.82, 2.24) is 0 Å². The molecule has 0 saturated heterocycles. The summed E-state index contributed by atoms with van der Waals surface area (Å²) in [5, 5.41) is 0. The smallest absolute Gasteiger partial charge is 0.171 e. The Bertz CT molecular complexity index is 523. The number of aryl methyl sites for hydroxylation is 2. The van der Waals surface area contributed by atoms with Crippen LogP contribution in [0, 0.1) is 0 Å². The molecule has 0 aliphatic rings. The van der Waals surface area contributed by atoms with Gasteiger partial charge in [0.05, 0.1) is 0 Å². The van der Waals surface area contributed by atoms with Gasteiger partial charge in [-0.25, -0.2) is 4.57 Å². The molecular formula is C33H62N+. The molecule has 0 spiro atoms. The normalized spacial score (nSPS) is 11.4. The summed E-state index contributed by atoms with van der Waals surface area (Å²) in [6.07, 6.45) is 40.3. The highest BCUT2D eigenvalue weighted by atomic mass is 14.9. The minimum Gasteiger partial charge on any atom is -0.205 e. The van der Waals surface area contributed by atoms with Crippen LogP contribution in [0.4, 0.5) is 0 Å². The first-order chi connectivity index (χ1) is 16.9. The average molecular weight is 473 g/mol. The molecule has 0 fully saturated rings. The lowest BCUT2D eigenvalue weighted by molar-refractivity contribution is -0.697. The van der Waals surface area contributed by atoms with E-state index >= 15 is 0 Å². The summed E-state index contributed by atoms with van der Waals surface area (Å²) in [5.74, 6) is 0. The summed E-state index contributed by atoms with van der Waals surface area (Å²) in [7, 11) is 0. The van der Waals surface area contributed by atoms with Crippen molar-refractivity contribution in [3.8, 4) is 0 Å². The largest absolute Gasteiger partial charge is 0.205 e. The van der Waals surface area contributed by atoms with Crippen LogP contribution in [0.1, 0.15) is 174 Å². The molecule has 0 saturated carbocycles. The zero-order valence-electron chi connectivity index (χ0n) is 23.6. The van der Waals surface area contributed by atoms with Crippen molar-refractivity contribution in [2.24, 2.45) is 0 Å². The third-order valence-corrected chi connectivity index (χ3v) is 7.51. The molecule has 1 heteroatoms. The molecule has 1 nitrogen and oxygen atoms in total. The summed E-state index contributed by atoms with van der Waals surface area (Å²) in [4.78, 5) is 0. The van der Waals surface area contributed by atoms with Crippen LogP contribution in [0.3, 0.4) is 0 Å². The molecule has 0 N–H and O–H groups in total. The van der Waals surface area contributed by atoms with Crippen LogP contribution in [0.15, 0.2) is 24.5 Å². The molecule has 1 rings (SSSR count). The van der Waals surface area contributed by atoms with E-state index < -0.39 is 0 Å². The first kappa shape index (κ1) is 31.2. The van der Waals surface area contributed by atoms with E-state index in [1.54, 1.807) is 0 Å². The first-order valence-corrected chi connectivity index (χ1v) is 15.8. The van der Waals surface area contributed by atoms with Gasteiger partial charge in [0.1, 0.15) is 6.54 Å². The topological polar surface area (TPSA) is 3.88 Å². The van der Waals surface area contributed by atoms with Crippen LogP contribution in [0.2, 0.25) is 0 Å². The fraction of sp³-hybridized carbons (Fsp3) is 0.848. The van der Waals surface area contributed by atoms with Gasteiger partial charge in [0.15, 0.2) is 12.4 Å². The summed E-state index contributed by atoms with van der Waals surface area (Å²) >= 11 is 0. The third kappa shape index (κ3) is 20.5. The second-order valence-electron chi connectivity index (χ2n) is 11.0. The van der Waals surface area contributed by atoms with Crippen LogP contribution < -0.4 is 4.57 Å². The minimum absolute atomic E-state index is 1.20. The Morgan fingerprint density at radius 1 is 0.471 bits per heavy atom. The average Bonchev–Trinajstić information content (AvgIpc) is 2.85. The standard InChI is InChI=1S/C33H62N/c1-3-5-7-9-11-13-15-16-17-18-19-21-23-25-28-33-29-27-31-34(32-33)30-26-24-22-20-14-12-10-8-6-4-2/h27,29,31-32H,3-26,28,30H2,1-2H3/q+1. The molecule has 0 radical (unpaired) electrons. The van der Waals surface area contributed by atoms with Crippen molar-refractivity contribution in [1.29, 1.82) is 0 Å². The zero-order chi connectivity index (χ0) is 24.4. The predicted molar refractivity (Wildman–Crippen MR) is 152 cm³/mol. The molecule has 198 valence electrons. The van der Waals surface area contributed by atoms with E-state index in [0.717, 1.165) is 0 Å². The Hall–Kier alpha value is -0.850. The maximum atomic E-state index is 2.43. The van der Waals surface area contributed by atoms with E-state index in [1.807, 2.05) is 0 Å². The second kappa shape index (κ2) is 25.2. The van der Waals surface area contributed by atoms with Gasteiger partial charge in [-0.15, -0.1) is 0 Å². The van der Waals surface area contributed by atoms with E-state index in [0.29, 0.717) is 0 Å². The van der Waals surface area contributed by atoms with Crippen molar-refractivity contribution in [2.75, 3.05) is 0 Å². The summed E-state index contributed by atoms with van der Waals surface area (Å²) in [6.45, 7) is 5.80. The Morgan fingerprint density at radius 2 is 0.853 bits per heavy atom. The number of hydrogen-bond acceptors (Lipinski definition) is 0. The number of pyridine rings is 1. The minimum atomic E-state index is 1.20. The van der Waals surface area contributed by atoms with Crippen molar-refractivity contribution in [3.05, 3.63) is 30.1 Å². The van der Waals surface area contributed by atoms with Gasteiger partial charge in [-0.2, -0.15) is 0 Å². The fourth-order valence-corrected chi connectivity index (χ4v) is 5.17. The second-order valence-corrected chi connectivity index (χ2v) is 11.0. The van der Waals surface area contributed by atoms with E-state index in [2.05, 4.69) is 42.9 Å². The summed E-state index contributed by atoms with van der Waals surface area (Å²) in [6, 6.07) is 4.59. The molecule has 34 heavy (non-hydrogen) atoms. The van der Waals surface area contributed by atoms with Crippen molar-refractivity contribution < 1.29 is 4.57 Å². The van der Waals surface area contributed by atoms with E-state index in [4.69, 9.17) is 0 Å². The summed E-state index contributed by atoms with van der Waals surface area (Å²) < 4.78 is 2.43. The fourth-order valence-electron chi connectivity index (χ4n) is 5.17. The number of unbranched alkanes of at least 4 members (excludes halogenated alkanes) is 22. The quantitative estimate of drug-likeness (QED) is 0.0932.